The van der Waals surface area contributed by atoms with Gasteiger partial charge in [-0.25, -0.2) is 0 Å². The molecule has 0 aliphatic rings. The van der Waals surface area contributed by atoms with Crippen LogP contribution in [0.1, 0.15) is 0 Å². The van der Waals surface area contributed by atoms with Crippen molar-refractivity contribution in [3.8, 4) is 44.7 Å². The van der Waals surface area contributed by atoms with Crippen LogP contribution in [0.15, 0.2) is 209 Å². The smallest absolute Gasteiger partial charge is 0.143 e. The van der Waals surface area contributed by atoms with E-state index < -0.39 is 0 Å². The number of furan rings is 2. The topological polar surface area (TPSA) is 29.5 Å². The molecule has 0 spiro atoms. The van der Waals surface area contributed by atoms with Gasteiger partial charge in [0, 0.05) is 44.3 Å². The van der Waals surface area contributed by atoms with Crippen molar-refractivity contribution in [1.29, 1.82) is 0 Å². The van der Waals surface area contributed by atoms with E-state index in [4.69, 9.17) is 8.83 Å². The van der Waals surface area contributed by atoms with Crippen LogP contribution in [-0.4, -0.2) is 0 Å². The van der Waals surface area contributed by atoms with Gasteiger partial charge in [-0.3, -0.25) is 0 Å². The molecule has 0 amide bonds. The van der Waals surface area contributed by atoms with Crippen molar-refractivity contribution in [3.05, 3.63) is 200 Å². The Bertz CT molecular complexity index is 2810. The molecule has 10 aromatic rings. The Labute approximate surface area is 307 Å². The van der Waals surface area contributed by atoms with Gasteiger partial charge in [0.15, 0.2) is 0 Å². The molecule has 0 aliphatic heterocycles. The predicted molar refractivity (Wildman–Crippen MR) is 220 cm³/mol. The van der Waals surface area contributed by atoms with E-state index in [2.05, 4.69) is 175 Å². The van der Waals surface area contributed by atoms with Gasteiger partial charge < -0.3 is 13.7 Å². The summed E-state index contributed by atoms with van der Waals surface area (Å²) in [6.07, 6.45) is 0. The molecule has 10 rings (SSSR count). The summed E-state index contributed by atoms with van der Waals surface area (Å²) in [5, 5.41) is 3.38. The van der Waals surface area contributed by atoms with E-state index in [1.165, 1.54) is 11.1 Å². The highest BCUT2D eigenvalue weighted by Crippen LogP contribution is 2.39. The lowest BCUT2D eigenvalue weighted by atomic mass is 9.98. The summed E-state index contributed by atoms with van der Waals surface area (Å²) in [5.74, 6) is 0.862. The zero-order valence-corrected chi connectivity index (χ0v) is 28.8. The molecule has 0 aliphatic carbocycles. The second-order valence-corrected chi connectivity index (χ2v) is 13.3. The maximum atomic E-state index is 6.32. The van der Waals surface area contributed by atoms with E-state index in [-0.39, 0.29) is 0 Å². The normalized spacial score (nSPS) is 11.4. The Kier molecular flexibility index (Phi) is 7.47. The van der Waals surface area contributed by atoms with Crippen LogP contribution in [0.2, 0.25) is 0 Å². The van der Waals surface area contributed by atoms with E-state index in [9.17, 15) is 0 Å². The number of benzene rings is 8. The molecular weight excluding hydrogens is 647 g/mol. The van der Waals surface area contributed by atoms with Crippen LogP contribution in [-0.2, 0) is 0 Å². The maximum absolute atomic E-state index is 6.32. The van der Waals surface area contributed by atoms with Gasteiger partial charge in [-0.1, -0.05) is 133 Å². The Morgan fingerprint density at radius 3 is 1.45 bits per heavy atom. The average molecular weight is 680 g/mol. The summed E-state index contributed by atoms with van der Waals surface area (Å²) >= 11 is 0. The van der Waals surface area contributed by atoms with Gasteiger partial charge in [0.1, 0.15) is 22.5 Å². The first-order valence-corrected chi connectivity index (χ1v) is 17.9. The fourth-order valence-electron chi connectivity index (χ4n) is 7.40. The fourth-order valence-corrected chi connectivity index (χ4v) is 7.40. The van der Waals surface area contributed by atoms with Gasteiger partial charge in [-0.05, 0) is 94.5 Å². The zero-order valence-electron chi connectivity index (χ0n) is 28.8. The van der Waals surface area contributed by atoms with E-state index in [0.717, 1.165) is 83.5 Å². The van der Waals surface area contributed by atoms with Gasteiger partial charge in [0.2, 0.25) is 0 Å². The minimum atomic E-state index is 0.862. The number of para-hydroxylation sites is 3. The minimum Gasteiger partial charge on any atom is -0.456 e. The van der Waals surface area contributed by atoms with Gasteiger partial charge in [-0.2, -0.15) is 0 Å². The third-order valence-electron chi connectivity index (χ3n) is 10.1. The quantitative estimate of drug-likeness (QED) is 0.168. The molecule has 0 saturated heterocycles. The van der Waals surface area contributed by atoms with E-state index in [1.807, 2.05) is 30.3 Å². The molecule has 2 heterocycles. The highest BCUT2D eigenvalue weighted by molar-refractivity contribution is 6.09. The highest BCUT2D eigenvalue weighted by Gasteiger charge is 2.16. The molecule has 0 bridgehead atoms. The van der Waals surface area contributed by atoms with E-state index in [0.29, 0.717) is 0 Å². The molecule has 3 heteroatoms. The minimum absolute atomic E-state index is 0.862. The lowest BCUT2D eigenvalue weighted by molar-refractivity contribution is 0.631. The number of rotatable bonds is 7. The van der Waals surface area contributed by atoms with Gasteiger partial charge in [0.05, 0.1) is 0 Å². The summed E-state index contributed by atoms with van der Waals surface area (Å²) in [6, 6.07) is 70.4. The first-order chi connectivity index (χ1) is 26.2. The molecule has 53 heavy (non-hydrogen) atoms. The van der Waals surface area contributed by atoms with Crippen LogP contribution in [0.25, 0.3) is 77.6 Å². The van der Waals surface area contributed by atoms with Crippen LogP contribution in [0, 0.1) is 0 Å². The lowest BCUT2D eigenvalue weighted by Crippen LogP contribution is -2.09. The van der Waals surface area contributed by atoms with Gasteiger partial charge >= 0.3 is 0 Å². The highest BCUT2D eigenvalue weighted by atomic mass is 16.3. The molecule has 250 valence electrons. The fraction of sp³-hybridized carbons (Fsp3) is 0. The lowest BCUT2D eigenvalue weighted by Gasteiger charge is -2.26. The molecule has 2 aromatic heterocycles. The molecule has 0 saturated carbocycles. The summed E-state index contributed by atoms with van der Waals surface area (Å²) in [5.41, 5.74) is 13.9. The number of nitrogens with zero attached hydrogens (tertiary/aromatic N) is 1. The largest absolute Gasteiger partial charge is 0.456 e. The zero-order chi connectivity index (χ0) is 35.1. The number of hydrogen-bond donors (Lipinski definition) is 0. The third-order valence-corrected chi connectivity index (χ3v) is 10.1. The van der Waals surface area contributed by atoms with Crippen molar-refractivity contribution in [2.45, 2.75) is 0 Å². The van der Waals surface area contributed by atoms with Crippen LogP contribution in [0.3, 0.4) is 0 Å². The van der Waals surface area contributed by atoms with Crippen LogP contribution in [0.4, 0.5) is 17.1 Å². The van der Waals surface area contributed by atoms with Crippen LogP contribution in [0.5, 0.6) is 0 Å². The first-order valence-electron chi connectivity index (χ1n) is 17.9. The van der Waals surface area contributed by atoms with E-state index >= 15 is 0 Å². The van der Waals surface area contributed by atoms with Crippen molar-refractivity contribution in [2.75, 3.05) is 4.90 Å². The maximum Gasteiger partial charge on any atom is 0.143 e. The average Bonchev–Trinajstić information content (AvgIpc) is 3.85. The van der Waals surface area contributed by atoms with Crippen molar-refractivity contribution in [2.24, 2.45) is 0 Å². The van der Waals surface area contributed by atoms with Gasteiger partial charge in [-0.15, -0.1) is 0 Å². The van der Waals surface area contributed by atoms with Crippen LogP contribution < -0.4 is 4.90 Å². The first kappa shape index (κ1) is 30.7. The van der Waals surface area contributed by atoms with E-state index in [1.54, 1.807) is 0 Å². The van der Waals surface area contributed by atoms with Crippen molar-refractivity contribution in [1.82, 2.24) is 0 Å². The molecule has 0 atom stereocenters. The molecule has 8 aromatic carbocycles. The predicted octanol–water partition coefficient (Wildman–Crippen LogP) is 14.5. The Morgan fingerprint density at radius 1 is 0.321 bits per heavy atom. The molecular formula is C50H33NO2. The summed E-state index contributed by atoms with van der Waals surface area (Å²) in [4.78, 5) is 2.30. The molecule has 0 unspecified atom stereocenters. The van der Waals surface area contributed by atoms with Crippen molar-refractivity contribution in [3.63, 3.8) is 0 Å². The standard InChI is InChI=1S/C50H33NO2/c1-2-9-34(10-3-1)36-21-27-41(28-22-36)51(43-31-25-39(26-32-43)49-33-40-11-4-6-15-47(40)52-49)42-29-23-37(24-30-42)35-17-19-38(20-18-35)44-13-8-14-46-45-12-5-7-16-48(45)53-50(44)46/h1-33H. The van der Waals surface area contributed by atoms with Crippen molar-refractivity contribution >= 4 is 50.0 Å². The van der Waals surface area contributed by atoms with Gasteiger partial charge in [0.25, 0.3) is 0 Å². The summed E-state index contributed by atoms with van der Waals surface area (Å²) in [6.45, 7) is 0. The third kappa shape index (κ3) is 5.65. The molecule has 0 radical (unpaired) electrons. The molecule has 3 nitrogen and oxygen atoms in total. The van der Waals surface area contributed by atoms with Crippen LogP contribution >= 0.6 is 0 Å². The summed E-state index contributed by atoms with van der Waals surface area (Å²) < 4.78 is 12.5. The summed E-state index contributed by atoms with van der Waals surface area (Å²) in [7, 11) is 0. The molecule has 0 fully saturated rings. The second kappa shape index (κ2) is 12.9. The Balaban J connectivity index is 0.977. The van der Waals surface area contributed by atoms with Crippen molar-refractivity contribution < 1.29 is 8.83 Å². The number of fused-ring (bicyclic) bond motifs is 4. The Morgan fingerprint density at radius 2 is 0.811 bits per heavy atom. The SMILES string of the molecule is c1ccc(-c2ccc(N(c3ccc(-c4ccc(-c5cccc6c5oc5ccccc56)cc4)cc3)c3ccc(-c4cc5ccccc5o4)cc3)cc2)cc1. The Hall–Kier alpha value is -7.10. The second-order valence-electron chi connectivity index (χ2n) is 13.3. The molecule has 0 N–H and O–H groups in total. The number of hydrogen-bond acceptors (Lipinski definition) is 3. The monoisotopic (exact) mass is 679 g/mol. The number of anilines is 3.